The second kappa shape index (κ2) is 6.44. The Balaban J connectivity index is 2.97. The predicted octanol–water partition coefficient (Wildman–Crippen LogP) is 2.81. The Hall–Kier alpha value is -0.146. The molecule has 0 spiro atoms. The summed E-state index contributed by atoms with van der Waals surface area (Å²) in [6.07, 6.45) is 0. The summed E-state index contributed by atoms with van der Waals surface area (Å²) in [5.41, 5.74) is 0. The van der Waals surface area contributed by atoms with Gasteiger partial charge in [-0.1, -0.05) is 0 Å². The molecule has 84 valence electrons. The molecule has 3 heteroatoms. The molecule has 0 N–H and O–H groups in total. The second-order valence-electron chi connectivity index (χ2n) is 3.34. The molecule has 1 aromatic rings. The molecule has 0 amide bonds. The van der Waals surface area contributed by atoms with Gasteiger partial charge in [0, 0.05) is 0 Å². The topological polar surface area (TPSA) is 18.5 Å². The van der Waals surface area contributed by atoms with Gasteiger partial charge in [0.05, 0.1) is 0 Å². The maximum atomic E-state index is 5.97. The van der Waals surface area contributed by atoms with Gasteiger partial charge in [-0.2, -0.15) is 0 Å². The van der Waals surface area contributed by atoms with E-state index in [1.54, 1.807) is 0 Å². The van der Waals surface area contributed by atoms with Crippen LogP contribution in [0.1, 0.15) is 20.8 Å². The molecule has 1 aromatic carbocycles. The molecule has 0 bridgehead atoms. The van der Waals surface area contributed by atoms with Crippen molar-refractivity contribution in [2.45, 2.75) is 25.5 Å². The molecule has 0 atom stereocenters. The van der Waals surface area contributed by atoms with Crippen molar-refractivity contribution in [2.24, 2.45) is 0 Å². The van der Waals surface area contributed by atoms with Crippen LogP contribution in [0.25, 0.3) is 0 Å². The summed E-state index contributed by atoms with van der Waals surface area (Å²) in [5.74, 6) is 0. The summed E-state index contributed by atoms with van der Waals surface area (Å²) in [6.45, 7) is 7.72. The van der Waals surface area contributed by atoms with Gasteiger partial charge in [0.15, 0.2) is 0 Å². The van der Waals surface area contributed by atoms with Crippen LogP contribution in [0, 0.1) is 0 Å². The average Bonchev–Trinajstić information content (AvgIpc) is 2.30. The van der Waals surface area contributed by atoms with E-state index in [9.17, 15) is 0 Å². The third-order valence-corrected chi connectivity index (χ3v) is 8.14. The molecule has 0 heterocycles. The van der Waals surface area contributed by atoms with Crippen LogP contribution in [0.4, 0.5) is 0 Å². The second-order valence-corrected chi connectivity index (χ2v) is 8.60. The Morgan fingerprint density at radius 3 is 1.87 bits per heavy atom. The van der Waals surface area contributed by atoms with Gasteiger partial charge in [-0.05, 0) is 0 Å². The van der Waals surface area contributed by atoms with Crippen LogP contribution in [-0.2, 0) is 24.0 Å². The van der Waals surface area contributed by atoms with Crippen LogP contribution in [0.15, 0.2) is 30.3 Å². The quantitative estimate of drug-likeness (QED) is 0.716. The first-order valence-electron chi connectivity index (χ1n) is 5.62. The van der Waals surface area contributed by atoms with Crippen LogP contribution in [-0.4, -0.2) is 13.2 Å². The van der Waals surface area contributed by atoms with Crippen molar-refractivity contribution in [1.82, 2.24) is 0 Å². The maximum absolute atomic E-state index is 5.97. The Labute approximate surface area is 96.9 Å². The monoisotopic (exact) mass is 244 g/mol. The first kappa shape index (κ1) is 12.9. The first-order chi connectivity index (χ1) is 7.29. The minimum atomic E-state index is -2.70. The van der Waals surface area contributed by atoms with Crippen LogP contribution in [0.3, 0.4) is 0 Å². The van der Waals surface area contributed by atoms with Crippen molar-refractivity contribution < 1.29 is 24.0 Å². The SMILES string of the molecule is CC[O][Ti]([CH2]C)([O]CC)[c]1ccccc1. The minimum absolute atomic E-state index is 0.739. The molecule has 0 unspecified atom stereocenters. The molecule has 2 nitrogen and oxygen atoms in total. The van der Waals surface area contributed by atoms with Gasteiger partial charge >= 0.3 is 96.9 Å². The molecule has 0 fully saturated rings. The molecular weight excluding hydrogens is 224 g/mol. The van der Waals surface area contributed by atoms with Gasteiger partial charge in [-0.3, -0.25) is 0 Å². The van der Waals surface area contributed by atoms with E-state index in [0.717, 1.165) is 17.9 Å². The summed E-state index contributed by atoms with van der Waals surface area (Å²) in [7, 11) is 0. The normalized spacial score (nSPS) is 11.7. The summed E-state index contributed by atoms with van der Waals surface area (Å²) in [5, 5.41) is 0. The van der Waals surface area contributed by atoms with E-state index in [1.807, 2.05) is 19.9 Å². The molecule has 0 saturated carbocycles. The van der Waals surface area contributed by atoms with Crippen molar-refractivity contribution in [1.29, 1.82) is 0 Å². The fourth-order valence-electron chi connectivity index (χ4n) is 1.77. The first-order valence-corrected chi connectivity index (χ1v) is 8.78. The third kappa shape index (κ3) is 3.15. The fraction of sp³-hybridized carbons (Fsp3) is 0.500. The zero-order valence-corrected chi connectivity index (χ0v) is 11.4. The number of benzene rings is 1. The van der Waals surface area contributed by atoms with Gasteiger partial charge in [-0.25, -0.2) is 0 Å². The van der Waals surface area contributed by atoms with Crippen molar-refractivity contribution in [3.63, 3.8) is 0 Å². The molecule has 0 saturated heterocycles. The van der Waals surface area contributed by atoms with Crippen molar-refractivity contribution >= 4 is 3.87 Å². The Morgan fingerprint density at radius 2 is 1.47 bits per heavy atom. The molecule has 0 aliphatic rings. The van der Waals surface area contributed by atoms with Gasteiger partial charge in [0.2, 0.25) is 0 Å². The Bertz CT molecular complexity index is 268. The van der Waals surface area contributed by atoms with Crippen LogP contribution in [0.5, 0.6) is 0 Å². The standard InChI is InChI=1S/C6H5.2C2H5O.C2H5.Ti/c1-2-4-6-5-3-1;2*1-2-3;1-2;/h1-5H;2*2H2,1H3;1H2,2H3;/q;2*-1;;+2. The van der Waals surface area contributed by atoms with Gasteiger partial charge < -0.3 is 0 Å². The molecule has 0 aliphatic carbocycles. The number of hydrogen-bond acceptors (Lipinski definition) is 2. The van der Waals surface area contributed by atoms with E-state index in [4.69, 9.17) is 6.64 Å². The predicted molar refractivity (Wildman–Crippen MR) is 59.8 cm³/mol. The van der Waals surface area contributed by atoms with Gasteiger partial charge in [-0.15, -0.1) is 0 Å². The van der Waals surface area contributed by atoms with Crippen LogP contribution >= 0.6 is 0 Å². The number of rotatable bonds is 6. The van der Waals surface area contributed by atoms with E-state index in [0.29, 0.717) is 0 Å². The fourth-order valence-corrected chi connectivity index (χ4v) is 6.25. The van der Waals surface area contributed by atoms with Crippen LogP contribution in [0.2, 0.25) is 4.73 Å². The molecule has 1 rings (SSSR count). The zero-order chi connectivity index (χ0) is 11.1. The van der Waals surface area contributed by atoms with Gasteiger partial charge in [0.25, 0.3) is 0 Å². The Kier molecular flexibility index (Phi) is 5.55. The van der Waals surface area contributed by atoms with Crippen LogP contribution < -0.4 is 3.87 Å². The van der Waals surface area contributed by atoms with E-state index in [2.05, 4.69) is 31.2 Å². The molecule has 0 radical (unpaired) electrons. The molecular formula is C12H20O2Ti. The summed E-state index contributed by atoms with van der Waals surface area (Å²) < 4.78 is 14.2. The summed E-state index contributed by atoms with van der Waals surface area (Å²) in [6, 6.07) is 10.4. The Morgan fingerprint density at radius 1 is 0.933 bits per heavy atom. The zero-order valence-electron chi connectivity index (χ0n) is 9.82. The van der Waals surface area contributed by atoms with Gasteiger partial charge in [0.1, 0.15) is 0 Å². The number of hydrogen-bond donors (Lipinski definition) is 0. The van der Waals surface area contributed by atoms with Crippen molar-refractivity contribution in [2.75, 3.05) is 13.2 Å². The molecule has 0 aromatic heterocycles. The molecule has 0 aliphatic heterocycles. The van der Waals surface area contributed by atoms with E-state index in [1.165, 1.54) is 3.87 Å². The van der Waals surface area contributed by atoms with E-state index in [-0.39, 0.29) is 0 Å². The average molecular weight is 244 g/mol. The van der Waals surface area contributed by atoms with Crippen molar-refractivity contribution in [3.05, 3.63) is 30.3 Å². The summed E-state index contributed by atoms with van der Waals surface area (Å²) in [4.78, 5) is 0. The van der Waals surface area contributed by atoms with E-state index >= 15 is 0 Å². The molecule has 15 heavy (non-hydrogen) atoms. The van der Waals surface area contributed by atoms with E-state index < -0.39 is 17.4 Å². The van der Waals surface area contributed by atoms with Crippen molar-refractivity contribution in [3.8, 4) is 0 Å². The summed E-state index contributed by atoms with van der Waals surface area (Å²) >= 11 is -2.70. The third-order valence-electron chi connectivity index (χ3n) is 2.43.